The Kier molecular flexibility index (Phi) is 71.0. The lowest BCUT2D eigenvalue weighted by Crippen LogP contribution is -2.30. The maximum absolute atomic E-state index is 13.1. The fourth-order valence-corrected chi connectivity index (χ4v) is 11.6. The van der Waals surface area contributed by atoms with E-state index in [9.17, 15) is 43.2 Å². The van der Waals surface area contributed by atoms with E-state index in [1.165, 1.54) is 38.5 Å². The molecule has 0 aromatic heterocycles. The molecule has 0 radical (unpaired) electrons. The van der Waals surface area contributed by atoms with Gasteiger partial charge in [0, 0.05) is 25.7 Å². The Morgan fingerprint density at radius 3 is 0.843 bits per heavy atom. The van der Waals surface area contributed by atoms with E-state index < -0.39 is 97.5 Å². The number of rotatable bonds is 73. The summed E-state index contributed by atoms with van der Waals surface area (Å²) in [5.41, 5.74) is 0. The molecule has 5 atom stereocenters. The summed E-state index contributed by atoms with van der Waals surface area (Å²) in [7, 11) is -9.98. The van der Waals surface area contributed by atoms with Gasteiger partial charge in [-0.25, -0.2) is 9.13 Å². The molecule has 0 heterocycles. The zero-order valence-electron chi connectivity index (χ0n) is 63.7. The molecule has 584 valence electrons. The van der Waals surface area contributed by atoms with Crippen molar-refractivity contribution in [2.45, 2.75) is 329 Å². The first-order chi connectivity index (χ1) is 49.7. The highest BCUT2D eigenvalue weighted by Gasteiger charge is 2.30. The topological polar surface area (TPSA) is 237 Å². The Balaban J connectivity index is 5.40. The molecule has 0 bridgehead atoms. The van der Waals surface area contributed by atoms with Crippen molar-refractivity contribution in [1.29, 1.82) is 0 Å². The van der Waals surface area contributed by atoms with Crippen molar-refractivity contribution >= 4 is 39.5 Å². The summed E-state index contributed by atoms with van der Waals surface area (Å²) in [6.07, 6.45) is 82.9. The Morgan fingerprint density at radius 2 is 0.529 bits per heavy atom. The van der Waals surface area contributed by atoms with Crippen LogP contribution in [-0.2, 0) is 65.4 Å². The van der Waals surface area contributed by atoms with E-state index >= 15 is 0 Å². The van der Waals surface area contributed by atoms with Gasteiger partial charge in [0.05, 0.1) is 26.4 Å². The number of phosphoric ester groups is 2. The first kappa shape index (κ1) is 97.2. The van der Waals surface area contributed by atoms with Gasteiger partial charge in [0.15, 0.2) is 12.2 Å². The molecule has 0 rings (SSSR count). The van der Waals surface area contributed by atoms with Crippen LogP contribution in [0.5, 0.6) is 0 Å². The molecule has 0 aromatic carbocycles. The summed E-state index contributed by atoms with van der Waals surface area (Å²) in [6, 6.07) is 0. The normalized spacial score (nSPS) is 14.6. The van der Waals surface area contributed by atoms with Gasteiger partial charge < -0.3 is 33.8 Å². The summed E-state index contributed by atoms with van der Waals surface area (Å²) < 4.78 is 68.5. The van der Waals surface area contributed by atoms with Gasteiger partial charge >= 0.3 is 39.5 Å². The number of allylic oxidation sites excluding steroid dienone is 22. The number of ether oxygens (including phenoxy) is 4. The van der Waals surface area contributed by atoms with Crippen LogP contribution in [0.4, 0.5) is 0 Å². The van der Waals surface area contributed by atoms with Crippen molar-refractivity contribution < 1.29 is 80.2 Å². The SMILES string of the molecule is CC/C=C\C/C=C\C/C=C\C/C=C\CCCCC(=O)OCC(COP(=O)(O)OCC(O)COP(=O)(O)OCC(COC(=O)CCCCCCCC/C=C\C/C=C\C/C=C\CCCCC)OC(=O)CCCCCCC/C=C\C/C=C\CCC)OC(=O)CCCCCCC/C=C\C/C=C\CCCCC. The molecule has 0 aliphatic rings. The highest BCUT2D eigenvalue weighted by atomic mass is 31.2. The van der Waals surface area contributed by atoms with Gasteiger partial charge in [-0.3, -0.25) is 37.3 Å². The zero-order chi connectivity index (χ0) is 74.6. The number of carbonyl (C=O) groups excluding carboxylic acids is 4. The smallest absolute Gasteiger partial charge is 0.462 e. The number of esters is 4. The minimum Gasteiger partial charge on any atom is -0.462 e. The van der Waals surface area contributed by atoms with Crippen LogP contribution in [0.25, 0.3) is 0 Å². The number of phosphoric acid groups is 2. The van der Waals surface area contributed by atoms with Crippen LogP contribution in [0.15, 0.2) is 134 Å². The summed E-state index contributed by atoms with van der Waals surface area (Å²) in [5, 5.41) is 10.6. The largest absolute Gasteiger partial charge is 0.472 e. The molecular formula is C83H140O17P2. The number of aliphatic hydroxyl groups excluding tert-OH is 1. The van der Waals surface area contributed by atoms with E-state index in [4.69, 9.17) is 37.0 Å². The minimum absolute atomic E-state index is 0.0664. The predicted molar refractivity (Wildman–Crippen MR) is 418 cm³/mol. The second-order valence-electron chi connectivity index (χ2n) is 25.9. The van der Waals surface area contributed by atoms with Crippen molar-refractivity contribution in [3.05, 3.63) is 134 Å². The fourth-order valence-electron chi connectivity index (χ4n) is 10.0. The van der Waals surface area contributed by atoms with Crippen molar-refractivity contribution in [3.8, 4) is 0 Å². The molecule has 19 heteroatoms. The average molecular weight is 1470 g/mol. The summed E-state index contributed by atoms with van der Waals surface area (Å²) in [6.45, 7) is 4.55. The first-order valence-electron chi connectivity index (χ1n) is 39.4. The molecule has 3 N–H and O–H groups in total. The van der Waals surface area contributed by atoms with Gasteiger partial charge in [0.1, 0.15) is 19.3 Å². The van der Waals surface area contributed by atoms with E-state index in [0.29, 0.717) is 25.7 Å². The zero-order valence-corrected chi connectivity index (χ0v) is 65.5. The van der Waals surface area contributed by atoms with Gasteiger partial charge in [0.25, 0.3) is 0 Å². The molecule has 0 saturated heterocycles. The Hall–Kier alpha value is -4.80. The Morgan fingerprint density at radius 1 is 0.284 bits per heavy atom. The minimum atomic E-state index is -4.99. The molecule has 0 aliphatic carbocycles. The lowest BCUT2D eigenvalue weighted by Gasteiger charge is -2.21. The van der Waals surface area contributed by atoms with Crippen LogP contribution in [0.3, 0.4) is 0 Å². The number of hydrogen-bond acceptors (Lipinski definition) is 15. The van der Waals surface area contributed by atoms with Gasteiger partial charge in [-0.15, -0.1) is 0 Å². The van der Waals surface area contributed by atoms with Crippen LogP contribution < -0.4 is 0 Å². The Labute approximate surface area is 618 Å². The van der Waals surface area contributed by atoms with E-state index in [1.807, 2.05) is 0 Å². The van der Waals surface area contributed by atoms with Gasteiger partial charge in [-0.2, -0.15) is 0 Å². The molecule has 17 nitrogen and oxygen atoms in total. The van der Waals surface area contributed by atoms with Crippen LogP contribution in [0.2, 0.25) is 0 Å². The third kappa shape index (κ3) is 73.5. The van der Waals surface area contributed by atoms with Crippen LogP contribution in [0.1, 0.15) is 310 Å². The monoisotopic (exact) mass is 1470 g/mol. The van der Waals surface area contributed by atoms with Gasteiger partial charge in [0.2, 0.25) is 0 Å². The fraction of sp³-hybridized carbons (Fsp3) is 0.687. The molecule has 0 amide bonds. The number of carbonyl (C=O) groups is 4. The summed E-state index contributed by atoms with van der Waals surface area (Å²) in [4.78, 5) is 72.9. The van der Waals surface area contributed by atoms with Crippen molar-refractivity contribution in [2.75, 3.05) is 39.6 Å². The summed E-state index contributed by atoms with van der Waals surface area (Å²) in [5.74, 6) is -2.27. The van der Waals surface area contributed by atoms with Gasteiger partial charge in [-0.05, 0) is 161 Å². The first-order valence-corrected chi connectivity index (χ1v) is 42.4. The van der Waals surface area contributed by atoms with Crippen LogP contribution in [0, 0.1) is 0 Å². The second-order valence-corrected chi connectivity index (χ2v) is 28.8. The van der Waals surface area contributed by atoms with Crippen LogP contribution in [-0.4, -0.2) is 96.7 Å². The average Bonchev–Trinajstić information content (AvgIpc) is 0.919. The molecule has 0 spiro atoms. The second kappa shape index (κ2) is 74.5. The summed E-state index contributed by atoms with van der Waals surface area (Å²) >= 11 is 0. The lowest BCUT2D eigenvalue weighted by molar-refractivity contribution is -0.161. The highest BCUT2D eigenvalue weighted by Crippen LogP contribution is 2.45. The number of hydrogen-bond donors (Lipinski definition) is 3. The molecular weight excluding hydrogens is 1330 g/mol. The molecule has 0 fully saturated rings. The molecule has 5 unspecified atom stereocenters. The lowest BCUT2D eigenvalue weighted by atomic mass is 10.1. The van der Waals surface area contributed by atoms with Crippen molar-refractivity contribution in [3.63, 3.8) is 0 Å². The quantitative estimate of drug-likeness (QED) is 0.0169. The molecule has 0 saturated carbocycles. The highest BCUT2D eigenvalue weighted by molar-refractivity contribution is 7.47. The maximum Gasteiger partial charge on any atom is 0.472 e. The third-order valence-corrected chi connectivity index (χ3v) is 18.0. The third-order valence-electron chi connectivity index (χ3n) is 16.0. The van der Waals surface area contributed by atoms with E-state index in [-0.39, 0.29) is 25.7 Å². The van der Waals surface area contributed by atoms with E-state index in [1.54, 1.807) is 0 Å². The molecule has 0 aliphatic heterocycles. The van der Waals surface area contributed by atoms with Crippen molar-refractivity contribution in [1.82, 2.24) is 0 Å². The number of aliphatic hydroxyl groups is 1. The standard InChI is InChI=1S/C83H140O17P2/c1-5-9-13-17-21-25-29-33-36-37-38-39-42-45-48-52-56-60-64-68-81(86)94-73-78(99-82(87)69-65-61-57-53-49-43-32-28-24-20-16-12-8-4)75-97-101(89,90)95-71-77(84)72-96-102(91,92)98-76-79(100-83(88)70-66-62-58-54-50-46-41-35-31-27-23-19-15-11-7-3)74-93-80(85)67-63-59-55-51-47-44-40-34-30-26-22-18-14-10-6-2/h10,14,16,20-23,25-28,32-36,38-41,47,51,77-79,84H,5-9,11-13,15,17-19,24,29-31,37,42-46,48-50,52-76H2,1-4H3,(H,89,90)(H,91,92)/b14-10-,20-16-,25-21-,26-22-,27-23-,32-28-,36-33-,39-38-,40-34-,41-35-,51-47-. The van der Waals surface area contributed by atoms with Crippen molar-refractivity contribution in [2.24, 2.45) is 0 Å². The molecule has 102 heavy (non-hydrogen) atoms. The van der Waals surface area contributed by atoms with E-state index in [0.717, 1.165) is 193 Å². The number of unbranched alkanes of at least 4 members (excludes halogenated alkanes) is 25. The Bertz CT molecular complexity index is 2460. The maximum atomic E-state index is 13.1. The predicted octanol–water partition coefficient (Wildman–Crippen LogP) is 22.9. The molecule has 0 aromatic rings. The van der Waals surface area contributed by atoms with Crippen LogP contribution >= 0.6 is 15.6 Å². The van der Waals surface area contributed by atoms with E-state index in [2.05, 4.69) is 161 Å². The van der Waals surface area contributed by atoms with Gasteiger partial charge in [-0.1, -0.05) is 258 Å².